The predicted molar refractivity (Wildman–Crippen MR) is 122 cm³/mol. The number of aliphatic imine (C=N–C) groups is 1. The molecule has 174 valence electrons. The van der Waals surface area contributed by atoms with Gasteiger partial charge in [0.25, 0.3) is 0 Å². The molecule has 0 radical (unpaired) electrons. The van der Waals surface area contributed by atoms with Crippen LogP contribution in [0.15, 0.2) is 23.2 Å². The van der Waals surface area contributed by atoms with Gasteiger partial charge in [0.05, 0.1) is 19.7 Å². The number of amides is 1. The maximum Gasteiger partial charge on any atom is 0.410 e. The molecule has 8 nitrogen and oxygen atoms in total. The molecule has 1 amide bonds. The van der Waals surface area contributed by atoms with Crippen LogP contribution in [-0.2, 0) is 11.3 Å². The van der Waals surface area contributed by atoms with Crippen molar-refractivity contribution in [1.82, 2.24) is 15.1 Å². The molecule has 0 aliphatic carbocycles. The van der Waals surface area contributed by atoms with Crippen molar-refractivity contribution in [3.05, 3.63) is 23.8 Å². The van der Waals surface area contributed by atoms with Crippen LogP contribution < -0.4 is 14.8 Å². The number of benzene rings is 1. The highest BCUT2D eigenvalue weighted by Crippen LogP contribution is 2.26. The van der Waals surface area contributed by atoms with Gasteiger partial charge in [-0.3, -0.25) is 4.99 Å². The first-order valence-electron chi connectivity index (χ1n) is 9.81. The number of rotatable bonds is 5. The molecule has 0 spiro atoms. The fraction of sp³-hybridized carbons (Fsp3) is 0.600. The third kappa shape index (κ3) is 6.71. The van der Waals surface area contributed by atoms with Crippen LogP contribution in [0.5, 0.6) is 11.5 Å². The molecule has 0 aromatic heterocycles. The highest BCUT2D eigenvalue weighted by molar-refractivity contribution is 14.0. The van der Waals surface area contributed by atoms with E-state index in [0.717, 1.165) is 0 Å². The lowest BCUT2D eigenvalue weighted by atomic mass is 10.2. The lowest BCUT2D eigenvalue weighted by Gasteiger charge is -2.39. The van der Waals surface area contributed by atoms with E-state index in [4.69, 9.17) is 9.47 Å². The molecular weight excluding hydrogens is 525 g/mol. The number of hydrogen-bond acceptors (Lipinski definition) is 7. The van der Waals surface area contributed by atoms with E-state index in [1.165, 1.54) is 13.2 Å². The van der Waals surface area contributed by atoms with Gasteiger partial charge in [-0.1, -0.05) is 0 Å². The SMILES string of the molecule is COc1ccc(OC(F)F)c(CNC2=NCC3CN(C(=O)OC(C)(C)C)CCN23)c1.I. The van der Waals surface area contributed by atoms with Crippen LogP contribution in [0.2, 0.25) is 0 Å². The minimum absolute atomic E-state index is 0. The number of carbonyl (C=O) groups excluding carboxylic acids is 1. The van der Waals surface area contributed by atoms with E-state index in [9.17, 15) is 13.6 Å². The zero-order valence-corrected chi connectivity index (χ0v) is 20.4. The fourth-order valence-electron chi connectivity index (χ4n) is 3.43. The van der Waals surface area contributed by atoms with Crippen molar-refractivity contribution in [1.29, 1.82) is 0 Å². The smallest absolute Gasteiger partial charge is 0.410 e. The third-order valence-electron chi connectivity index (χ3n) is 4.78. The standard InChI is InChI=1S/C20H28F2N4O4.HI/c1-20(2,3)30-19(27)25-7-8-26-14(12-25)11-24-18(26)23-10-13-9-15(28-4)5-6-16(13)29-17(21)22;/h5-6,9,14,17H,7-8,10-12H2,1-4H3,(H,23,24);1H. The second kappa shape index (κ2) is 10.5. The van der Waals surface area contributed by atoms with E-state index in [0.29, 0.717) is 43.5 Å². The number of fused-ring (bicyclic) bond motifs is 1. The summed E-state index contributed by atoms with van der Waals surface area (Å²) in [5.74, 6) is 1.31. The van der Waals surface area contributed by atoms with E-state index < -0.39 is 12.2 Å². The first kappa shape index (κ1) is 25.2. The van der Waals surface area contributed by atoms with Crippen LogP contribution in [0, 0.1) is 0 Å². The van der Waals surface area contributed by atoms with Crippen LogP contribution in [0.25, 0.3) is 0 Å². The summed E-state index contributed by atoms with van der Waals surface area (Å²) in [5, 5.41) is 3.21. The van der Waals surface area contributed by atoms with Crippen molar-refractivity contribution >= 4 is 36.0 Å². The summed E-state index contributed by atoms with van der Waals surface area (Å²) in [6, 6.07) is 4.73. The van der Waals surface area contributed by atoms with Gasteiger partial charge in [-0.2, -0.15) is 8.78 Å². The number of ether oxygens (including phenoxy) is 3. The molecule has 1 fully saturated rings. The van der Waals surface area contributed by atoms with Crippen molar-refractivity contribution < 1.29 is 27.8 Å². The summed E-state index contributed by atoms with van der Waals surface area (Å²) in [6.07, 6.45) is -0.325. The molecule has 2 heterocycles. The molecule has 2 aliphatic rings. The second-order valence-corrected chi connectivity index (χ2v) is 8.14. The Kier molecular flexibility index (Phi) is 8.55. The summed E-state index contributed by atoms with van der Waals surface area (Å²) in [4.78, 5) is 20.6. The third-order valence-corrected chi connectivity index (χ3v) is 4.78. The molecule has 1 aromatic carbocycles. The molecule has 1 saturated heterocycles. The van der Waals surface area contributed by atoms with Gasteiger partial charge in [0, 0.05) is 31.7 Å². The van der Waals surface area contributed by atoms with Crippen molar-refractivity contribution in [2.45, 2.75) is 45.6 Å². The fourth-order valence-corrected chi connectivity index (χ4v) is 3.43. The Morgan fingerprint density at radius 1 is 1.32 bits per heavy atom. The summed E-state index contributed by atoms with van der Waals surface area (Å²) >= 11 is 0. The molecule has 1 aromatic rings. The van der Waals surface area contributed by atoms with E-state index >= 15 is 0 Å². The maximum atomic E-state index is 12.7. The van der Waals surface area contributed by atoms with Gasteiger partial charge in [0.1, 0.15) is 17.1 Å². The van der Waals surface area contributed by atoms with E-state index in [-0.39, 0.29) is 48.4 Å². The van der Waals surface area contributed by atoms with Gasteiger partial charge in [-0.15, -0.1) is 24.0 Å². The van der Waals surface area contributed by atoms with Crippen LogP contribution in [-0.4, -0.2) is 73.4 Å². The number of methoxy groups -OCH3 is 1. The molecule has 1 atom stereocenters. The zero-order valence-electron chi connectivity index (χ0n) is 18.1. The molecule has 0 saturated carbocycles. The topological polar surface area (TPSA) is 75.6 Å². The highest BCUT2D eigenvalue weighted by atomic mass is 127. The normalized spacial score (nSPS) is 18.2. The summed E-state index contributed by atoms with van der Waals surface area (Å²) < 4.78 is 40.6. The lowest BCUT2D eigenvalue weighted by molar-refractivity contribution is -0.0505. The molecular formula is C20H29F2IN4O4. The average molecular weight is 554 g/mol. The Hall–Kier alpha value is -2.05. The second-order valence-electron chi connectivity index (χ2n) is 8.14. The highest BCUT2D eigenvalue weighted by Gasteiger charge is 2.36. The monoisotopic (exact) mass is 554 g/mol. The van der Waals surface area contributed by atoms with E-state index in [1.54, 1.807) is 17.0 Å². The average Bonchev–Trinajstić information content (AvgIpc) is 3.07. The molecule has 1 N–H and O–H groups in total. The number of nitrogens with zero attached hydrogens (tertiary/aromatic N) is 3. The van der Waals surface area contributed by atoms with Crippen molar-refractivity contribution in [2.24, 2.45) is 4.99 Å². The predicted octanol–water partition coefficient (Wildman–Crippen LogP) is 3.30. The van der Waals surface area contributed by atoms with E-state index in [2.05, 4.69) is 19.9 Å². The maximum absolute atomic E-state index is 12.7. The number of halogens is 3. The van der Waals surface area contributed by atoms with Crippen LogP contribution in [0.4, 0.5) is 13.6 Å². The number of nitrogens with one attached hydrogen (secondary N) is 1. The molecule has 1 unspecified atom stereocenters. The quantitative estimate of drug-likeness (QED) is 0.564. The summed E-state index contributed by atoms with van der Waals surface area (Å²) in [7, 11) is 1.51. The molecule has 3 rings (SSSR count). The minimum atomic E-state index is -2.91. The molecule has 0 bridgehead atoms. The number of hydrogen-bond donors (Lipinski definition) is 1. The van der Waals surface area contributed by atoms with Crippen molar-refractivity contribution in [2.75, 3.05) is 33.3 Å². The van der Waals surface area contributed by atoms with Gasteiger partial charge in [0.2, 0.25) is 0 Å². The van der Waals surface area contributed by atoms with Crippen LogP contribution >= 0.6 is 24.0 Å². The number of carbonyl (C=O) groups is 1. The van der Waals surface area contributed by atoms with Gasteiger partial charge >= 0.3 is 12.7 Å². The van der Waals surface area contributed by atoms with Gasteiger partial charge in [0.15, 0.2) is 5.96 Å². The Morgan fingerprint density at radius 3 is 2.71 bits per heavy atom. The van der Waals surface area contributed by atoms with Gasteiger partial charge < -0.3 is 29.3 Å². The van der Waals surface area contributed by atoms with Crippen LogP contribution in [0.1, 0.15) is 26.3 Å². The summed E-state index contributed by atoms with van der Waals surface area (Å²) in [6.45, 7) is 5.04. The Labute approximate surface area is 197 Å². The number of piperazine rings is 1. The van der Waals surface area contributed by atoms with E-state index in [1.807, 2.05) is 20.8 Å². The molecule has 11 heteroatoms. The number of alkyl halides is 2. The van der Waals surface area contributed by atoms with Crippen LogP contribution in [0.3, 0.4) is 0 Å². The summed E-state index contributed by atoms with van der Waals surface area (Å²) in [5.41, 5.74) is -0.00446. The first-order valence-corrected chi connectivity index (χ1v) is 9.81. The number of guanidine groups is 1. The Balaban J connectivity index is 0.00000341. The Bertz CT molecular complexity index is 804. The first-order chi connectivity index (χ1) is 14.2. The van der Waals surface area contributed by atoms with Crippen molar-refractivity contribution in [3.8, 4) is 11.5 Å². The Morgan fingerprint density at radius 2 is 2.06 bits per heavy atom. The van der Waals surface area contributed by atoms with Gasteiger partial charge in [-0.05, 0) is 39.0 Å². The lowest BCUT2D eigenvalue weighted by Crippen LogP contribution is -2.57. The van der Waals surface area contributed by atoms with Gasteiger partial charge in [-0.25, -0.2) is 4.79 Å². The molecule has 2 aliphatic heterocycles. The largest absolute Gasteiger partial charge is 0.497 e. The van der Waals surface area contributed by atoms with Crippen molar-refractivity contribution in [3.63, 3.8) is 0 Å². The zero-order chi connectivity index (χ0) is 21.9. The molecule has 31 heavy (non-hydrogen) atoms. The minimum Gasteiger partial charge on any atom is -0.497 e.